The Hall–Kier alpha value is -3.53. The van der Waals surface area contributed by atoms with Gasteiger partial charge >= 0.3 is 5.97 Å². The van der Waals surface area contributed by atoms with Gasteiger partial charge < -0.3 is 4.84 Å². The molecule has 0 unspecified atom stereocenters. The number of amides is 2. The second-order valence-electron chi connectivity index (χ2n) is 5.80. The molecule has 9 nitrogen and oxygen atoms in total. The smallest absolute Gasteiger partial charge is 0.322 e. The molecule has 0 aliphatic carbocycles. The first-order valence-corrected chi connectivity index (χ1v) is 9.55. The molecule has 0 spiro atoms. The van der Waals surface area contributed by atoms with Gasteiger partial charge in [0, 0.05) is 12.5 Å². The van der Waals surface area contributed by atoms with Crippen LogP contribution in [0.4, 0.5) is 0 Å². The number of nitrogens with zero attached hydrogens (tertiary/aromatic N) is 3. The highest BCUT2D eigenvalue weighted by molar-refractivity contribution is 7.90. The van der Waals surface area contributed by atoms with Crippen molar-refractivity contribution in [2.24, 2.45) is 0 Å². The third-order valence-corrected chi connectivity index (χ3v) is 4.92. The quantitative estimate of drug-likeness (QED) is 0.620. The van der Waals surface area contributed by atoms with E-state index in [0.29, 0.717) is 5.06 Å². The van der Waals surface area contributed by atoms with Crippen molar-refractivity contribution < 1.29 is 27.6 Å². The predicted octanol–water partition coefficient (Wildman–Crippen LogP) is 1.11. The zero-order valence-electron chi connectivity index (χ0n) is 13.8. The molecule has 0 saturated carbocycles. The summed E-state index contributed by atoms with van der Waals surface area (Å²) in [4.78, 5) is 46.0. The number of sulfone groups is 1. The molecule has 0 saturated heterocycles. The molecule has 3 heterocycles. The lowest BCUT2D eigenvalue weighted by atomic mass is 10.1. The highest BCUT2D eigenvalue weighted by atomic mass is 32.2. The van der Waals surface area contributed by atoms with Gasteiger partial charge in [0.1, 0.15) is 0 Å². The van der Waals surface area contributed by atoms with Crippen LogP contribution in [0.5, 0.6) is 0 Å². The first kappa shape index (κ1) is 16.9. The molecule has 1 aromatic carbocycles. The van der Waals surface area contributed by atoms with Crippen LogP contribution in [0.2, 0.25) is 0 Å². The normalized spacial score (nSPS) is 13.9. The molecule has 0 radical (unpaired) electrons. The lowest BCUT2D eigenvalue weighted by Gasteiger charge is -2.11. The summed E-state index contributed by atoms with van der Waals surface area (Å²) in [5.41, 5.74) is 0.0655. The van der Waals surface area contributed by atoms with E-state index in [4.69, 9.17) is 4.84 Å². The minimum Gasteiger partial charge on any atom is -0.322 e. The summed E-state index contributed by atoms with van der Waals surface area (Å²) in [6.07, 6.45) is 2.38. The van der Waals surface area contributed by atoms with Crippen molar-refractivity contribution in [2.75, 3.05) is 6.26 Å². The zero-order valence-corrected chi connectivity index (χ0v) is 14.6. The Morgan fingerprint density at radius 2 is 1.59 bits per heavy atom. The minimum absolute atomic E-state index is 0.113. The molecule has 1 aliphatic rings. The van der Waals surface area contributed by atoms with Crippen LogP contribution < -0.4 is 0 Å². The Kier molecular flexibility index (Phi) is 3.60. The van der Waals surface area contributed by atoms with Gasteiger partial charge in [0.2, 0.25) is 15.0 Å². The van der Waals surface area contributed by atoms with Crippen LogP contribution in [0.15, 0.2) is 53.8 Å². The summed E-state index contributed by atoms with van der Waals surface area (Å²) < 4.78 is 25.1. The van der Waals surface area contributed by atoms with E-state index in [1.807, 2.05) is 0 Å². The summed E-state index contributed by atoms with van der Waals surface area (Å²) in [6.45, 7) is 0. The Morgan fingerprint density at radius 1 is 1.00 bits per heavy atom. The molecular formula is C17H11N3O6S. The van der Waals surface area contributed by atoms with Crippen molar-refractivity contribution in [3.8, 4) is 0 Å². The van der Waals surface area contributed by atoms with Gasteiger partial charge in [-0.15, -0.1) is 0 Å². The van der Waals surface area contributed by atoms with Crippen LogP contribution in [0, 0.1) is 0 Å². The van der Waals surface area contributed by atoms with Gasteiger partial charge in [-0.25, -0.2) is 18.2 Å². The first-order valence-electron chi connectivity index (χ1n) is 7.66. The number of imidazole rings is 1. The third-order valence-electron chi connectivity index (χ3n) is 3.97. The van der Waals surface area contributed by atoms with E-state index in [0.717, 1.165) is 6.26 Å². The summed E-state index contributed by atoms with van der Waals surface area (Å²) >= 11 is 0. The SMILES string of the molecule is CS(=O)(=O)c1nc(C(=O)ON2C(=O)c3ccccc3C2=O)c2ccccn12. The van der Waals surface area contributed by atoms with E-state index in [-0.39, 0.29) is 27.5 Å². The van der Waals surface area contributed by atoms with Gasteiger partial charge in [-0.3, -0.25) is 14.0 Å². The molecule has 0 bridgehead atoms. The van der Waals surface area contributed by atoms with E-state index in [2.05, 4.69) is 4.98 Å². The van der Waals surface area contributed by atoms with Crippen LogP contribution in [0.1, 0.15) is 31.2 Å². The van der Waals surface area contributed by atoms with E-state index >= 15 is 0 Å². The Labute approximate surface area is 152 Å². The lowest BCUT2D eigenvalue weighted by molar-refractivity contribution is -0.0587. The van der Waals surface area contributed by atoms with E-state index in [1.54, 1.807) is 24.3 Å². The number of hydroxylamine groups is 2. The molecule has 2 amide bonds. The number of imide groups is 1. The number of benzene rings is 1. The number of aromatic nitrogens is 2. The topological polar surface area (TPSA) is 115 Å². The van der Waals surface area contributed by atoms with Crippen molar-refractivity contribution in [2.45, 2.75) is 5.16 Å². The van der Waals surface area contributed by atoms with Crippen LogP contribution in [-0.2, 0) is 14.7 Å². The lowest BCUT2D eigenvalue weighted by Crippen LogP contribution is -2.32. The van der Waals surface area contributed by atoms with Crippen molar-refractivity contribution in [1.82, 2.24) is 14.4 Å². The molecular weight excluding hydrogens is 374 g/mol. The van der Waals surface area contributed by atoms with E-state index < -0.39 is 27.6 Å². The van der Waals surface area contributed by atoms with Crippen molar-refractivity contribution in [3.05, 3.63) is 65.5 Å². The highest BCUT2D eigenvalue weighted by Crippen LogP contribution is 2.24. The summed E-state index contributed by atoms with van der Waals surface area (Å²) in [5, 5.41) is -0.00580. The molecule has 2 aromatic heterocycles. The van der Waals surface area contributed by atoms with E-state index in [1.165, 1.54) is 28.8 Å². The number of carbonyl (C=O) groups excluding carboxylic acids is 3. The number of rotatable bonds is 3. The van der Waals surface area contributed by atoms with Gasteiger partial charge in [-0.05, 0) is 24.3 Å². The van der Waals surface area contributed by atoms with Gasteiger partial charge in [0.25, 0.3) is 11.8 Å². The van der Waals surface area contributed by atoms with Crippen LogP contribution in [0.3, 0.4) is 0 Å². The van der Waals surface area contributed by atoms with Crippen LogP contribution >= 0.6 is 0 Å². The average molecular weight is 385 g/mol. The minimum atomic E-state index is -3.74. The second kappa shape index (κ2) is 5.74. The van der Waals surface area contributed by atoms with Gasteiger partial charge in [0.15, 0.2) is 5.69 Å². The Balaban J connectivity index is 1.73. The monoisotopic (exact) mass is 385 g/mol. The number of pyridine rings is 1. The van der Waals surface area contributed by atoms with Gasteiger partial charge in [-0.1, -0.05) is 23.3 Å². The largest absolute Gasteiger partial charge is 0.384 e. The number of fused-ring (bicyclic) bond motifs is 2. The fraction of sp³-hybridized carbons (Fsp3) is 0.0588. The predicted molar refractivity (Wildman–Crippen MR) is 90.7 cm³/mol. The Bertz CT molecular complexity index is 1210. The molecule has 0 fully saturated rings. The molecule has 4 rings (SSSR count). The third kappa shape index (κ3) is 2.57. The summed E-state index contributed by atoms with van der Waals surface area (Å²) in [7, 11) is -3.74. The number of hydrogen-bond donors (Lipinski definition) is 0. The van der Waals surface area contributed by atoms with Crippen molar-refractivity contribution >= 4 is 33.1 Å². The van der Waals surface area contributed by atoms with Crippen molar-refractivity contribution in [3.63, 3.8) is 0 Å². The van der Waals surface area contributed by atoms with Crippen LogP contribution in [-0.4, -0.2) is 46.9 Å². The first-order chi connectivity index (χ1) is 12.8. The zero-order chi connectivity index (χ0) is 19.3. The maximum atomic E-state index is 12.6. The molecule has 27 heavy (non-hydrogen) atoms. The fourth-order valence-corrected chi connectivity index (χ4v) is 3.57. The molecule has 1 aliphatic heterocycles. The fourth-order valence-electron chi connectivity index (χ4n) is 2.80. The maximum Gasteiger partial charge on any atom is 0.384 e. The number of hydrogen-bond acceptors (Lipinski definition) is 7. The summed E-state index contributed by atoms with van der Waals surface area (Å²) in [5.74, 6) is -2.69. The molecule has 3 aromatic rings. The Morgan fingerprint density at radius 3 is 2.19 bits per heavy atom. The molecule has 136 valence electrons. The molecule has 10 heteroatoms. The number of carbonyl (C=O) groups is 3. The molecule has 0 N–H and O–H groups in total. The average Bonchev–Trinajstić information content (AvgIpc) is 3.14. The summed E-state index contributed by atoms with van der Waals surface area (Å²) in [6, 6.07) is 10.7. The highest BCUT2D eigenvalue weighted by Gasteiger charge is 2.39. The van der Waals surface area contributed by atoms with Crippen LogP contribution in [0.25, 0.3) is 5.52 Å². The van der Waals surface area contributed by atoms with E-state index in [9.17, 15) is 22.8 Å². The second-order valence-corrected chi connectivity index (χ2v) is 7.71. The molecule has 0 atom stereocenters. The standard InChI is InChI=1S/C17H11N3O6S/c1-27(24,25)17-18-13(12-8-4-5-9-19(12)17)16(23)26-20-14(21)10-6-2-3-7-11(10)15(20)22/h2-9H,1H3. The van der Waals surface area contributed by atoms with Gasteiger partial charge in [-0.2, -0.15) is 0 Å². The van der Waals surface area contributed by atoms with Crippen molar-refractivity contribution in [1.29, 1.82) is 0 Å². The van der Waals surface area contributed by atoms with Gasteiger partial charge in [0.05, 0.1) is 16.6 Å². The maximum absolute atomic E-state index is 12.6.